The Bertz CT molecular complexity index is 540. The lowest BCUT2D eigenvalue weighted by atomic mass is 10.2. The van der Waals surface area contributed by atoms with Crippen molar-refractivity contribution in [1.82, 2.24) is 4.98 Å². The smallest absolute Gasteiger partial charge is 0.346 e. The van der Waals surface area contributed by atoms with Crippen LogP contribution >= 0.6 is 0 Å². The molecule has 1 aromatic rings. The quantitative estimate of drug-likeness (QED) is 0.502. The lowest BCUT2D eigenvalue weighted by molar-refractivity contribution is -0.390. The average molecular weight is 262 g/mol. The molecule has 0 unspecified atom stereocenters. The predicted octanol–water partition coefficient (Wildman–Crippen LogP) is 1.40. The highest BCUT2D eigenvalue weighted by Crippen LogP contribution is 2.21. The molecule has 0 spiro atoms. The number of nitrogens with zero attached hydrogens (tertiary/aromatic N) is 1. The number of nitro groups is 1. The number of halogens is 2. The highest BCUT2D eigenvalue weighted by molar-refractivity contribution is 5.93. The Labute approximate surface area is 98.5 Å². The number of carbonyl (C=O) groups excluding carboxylic acids is 1. The number of aromatic nitrogens is 1. The van der Waals surface area contributed by atoms with E-state index < -0.39 is 39.8 Å². The van der Waals surface area contributed by atoms with E-state index in [1.807, 2.05) is 0 Å². The molecular weight excluding hydrogens is 254 g/mol. The largest absolute Gasteiger partial charge is 0.462 e. The molecule has 1 rings (SSSR count). The van der Waals surface area contributed by atoms with Gasteiger partial charge in [0.1, 0.15) is 5.56 Å². The van der Waals surface area contributed by atoms with E-state index in [0.717, 1.165) is 0 Å². The Morgan fingerprint density at radius 3 is 2.67 bits per heavy atom. The normalized spacial score (nSPS) is 10.4. The fourth-order valence-electron chi connectivity index (χ4n) is 1.21. The molecule has 0 bridgehead atoms. The van der Waals surface area contributed by atoms with Crippen molar-refractivity contribution >= 4 is 11.8 Å². The van der Waals surface area contributed by atoms with Crippen molar-refractivity contribution < 1.29 is 23.2 Å². The minimum atomic E-state index is -3.15. The molecule has 0 radical (unpaired) electrons. The third kappa shape index (κ3) is 2.67. The summed E-state index contributed by atoms with van der Waals surface area (Å²) in [6, 6.07) is 0.472. The predicted molar refractivity (Wildman–Crippen MR) is 54.6 cm³/mol. The molecule has 1 aromatic heterocycles. The van der Waals surface area contributed by atoms with Gasteiger partial charge in [-0.3, -0.25) is 0 Å². The van der Waals surface area contributed by atoms with Crippen molar-refractivity contribution in [2.45, 2.75) is 13.3 Å². The lowest BCUT2D eigenvalue weighted by Crippen LogP contribution is -2.19. The number of hydrogen-bond acceptors (Lipinski definition) is 5. The van der Waals surface area contributed by atoms with E-state index in [0.29, 0.717) is 6.07 Å². The van der Waals surface area contributed by atoms with E-state index in [-0.39, 0.29) is 6.61 Å². The standard InChI is InChI=1S/C9H8F2N2O5/c1-2-18-9(15)5-3-4(6(10)11)8(14)12-7(5)13(16)17/h3,6H,2H2,1H3,(H,12,14). The summed E-state index contributed by atoms with van der Waals surface area (Å²) in [5, 5.41) is 10.6. The van der Waals surface area contributed by atoms with E-state index in [2.05, 4.69) is 4.74 Å². The molecule has 0 saturated carbocycles. The van der Waals surface area contributed by atoms with Gasteiger partial charge in [-0.2, -0.15) is 0 Å². The molecule has 0 saturated heterocycles. The number of H-pyrrole nitrogens is 1. The van der Waals surface area contributed by atoms with Crippen LogP contribution in [0.15, 0.2) is 10.9 Å². The number of nitrogens with one attached hydrogen (secondary N) is 1. The maximum absolute atomic E-state index is 12.4. The summed E-state index contributed by atoms with van der Waals surface area (Å²) in [6.45, 7) is 1.36. The molecule has 9 heteroatoms. The average Bonchev–Trinajstić information content (AvgIpc) is 2.28. The summed E-state index contributed by atoms with van der Waals surface area (Å²) < 4.78 is 29.4. The number of esters is 1. The van der Waals surface area contributed by atoms with Crippen LogP contribution in [0.2, 0.25) is 0 Å². The molecule has 0 aliphatic rings. The van der Waals surface area contributed by atoms with Crippen molar-refractivity contribution in [2.24, 2.45) is 0 Å². The van der Waals surface area contributed by atoms with Crippen LogP contribution in [0.1, 0.15) is 29.3 Å². The first-order chi connectivity index (χ1) is 8.38. The van der Waals surface area contributed by atoms with Gasteiger partial charge in [-0.25, -0.2) is 23.4 Å². The van der Waals surface area contributed by atoms with Gasteiger partial charge in [0, 0.05) is 0 Å². The minimum absolute atomic E-state index is 0.0842. The van der Waals surface area contributed by atoms with E-state index in [9.17, 15) is 28.5 Å². The molecule has 0 fully saturated rings. The van der Waals surface area contributed by atoms with Gasteiger partial charge in [-0.1, -0.05) is 0 Å². The third-order valence-corrected chi connectivity index (χ3v) is 1.96. The van der Waals surface area contributed by atoms with Gasteiger partial charge >= 0.3 is 17.3 Å². The molecule has 1 N–H and O–H groups in total. The van der Waals surface area contributed by atoms with Crippen LogP contribution in [-0.4, -0.2) is 22.5 Å². The molecule has 0 atom stereocenters. The van der Waals surface area contributed by atoms with Gasteiger partial charge < -0.3 is 14.9 Å². The number of hydrogen-bond donors (Lipinski definition) is 1. The Balaban J connectivity index is 3.45. The van der Waals surface area contributed by atoms with Crippen molar-refractivity contribution in [3.63, 3.8) is 0 Å². The zero-order chi connectivity index (χ0) is 13.9. The number of pyridine rings is 1. The van der Waals surface area contributed by atoms with Crippen LogP contribution in [-0.2, 0) is 4.74 Å². The summed E-state index contributed by atoms with van der Waals surface area (Å²) in [4.78, 5) is 33.7. The molecule has 0 amide bonds. The monoisotopic (exact) mass is 262 g/mol. The summed E-state index contributed by atoms with van der Waals surface area (Å²) in [5.74, 6) is -2.12. The molecule has 18 heavy (non-hydrogen) atoms. The Hall–Kier alpha value is -2.32. The van der Waals surface area contributed by atoms with E-state index in [4.69, 9.17) is 0 Å². The van der Waals surface area contributed by atoms with Crippen molar-refractivity contribution in [2.75, 3.05) is 6.61 Å². The Kier molecular flexibility index (Phi) is 4.08. The van der Waals surface area contributed by atoms with E-state index in [1.54, 1.807) is 4.98 Å². The molecular formula is C9H8F2N2O5. The van der Waals surface area contributed by atoms with Crippen LogP contribution in [0.4, 0.5) is 14.6 Å². The number of alkyl halides is 2. The molecule has 0 aromatic carbocycles. The zero-order valence-corrected chi connectivity index (χ0v) is 9.11. The molecule has 98 valence electrons. The van der Waals surface area contributed by atoms with Gasteiger partial charge in [0.05, 0.1) is 6.61 Å². The fraction of sp³-hybridized carbons (Fsp3) is 0.333. The minimum Gasteiger partial charge on any atom is -0.462 e. The van der Waals surface area contributed by atoms with Crippen LogP contribution in [0.25, 0.3) is 0 Å². The summed E-state index contributed by atoms with van der Waals surface area (Å²) in [5.41, 5.74) is -3.05. The zero-order valence-electron chi connectivity index (χ0n) is 9.11. The SMILES string of the molecule is CCOC(=O)c1cc(C(F)F)c(=O)[nH]c1[N+](=O)[O-]. The maximum atomic E-state index is 12.4. The molecule has 0 aliphatic heterocycles. The lowest BCUT2D eigenvalue weighted by Gasteiger charge is -2.05. The first-order valence-electron chi connectivity index (χ1n) is 4.75. The van der Waals surface area contributed by atoms with Gasteiger partial charge in [0.15, 0.2) is 5.56 Å². The summed E-state index contributed by atoms with van der Waals surface area (Å²) >= 11 is 0. The number of carbonyl (C=O) groups is 1. The van der Waals surface area contributed by atoms with Gasteiger partial charge in [-0.05, 0) is 17.9 Å². The molecule has 0 aliphatic carbocycles. The molecule has 7 nitrogen and oxygen atoms in total. The highest BCUT2D eigenvalue weighted by Gasteiger charge is 2.26. The maximum Gasteiger partial charge on any atom is 0.346 e. The highest BCUT2D eigenvalue weighted by atomic mass is 19.3. The summed E-state index contributed by atoms with van der Waals surface area (Å²) in [7, 11) is 0. The fourth-order valence-corrected chi connectivity index (χ4v) is 1.21. The Morgan fingerprint density at radius 2 is 2.22 bits per heavy atom. The number of ether oxygens (including phenoxy) is 1. The first kappa shape index (κ1) is 13.7. The van der Waals surface area contributed by atoms with Crippen molar-refractivity contribution in [3.8, 4) is 0 Å². The topological polar surface area (TPSA) is 102 Å². The van der Waals surface area contributed by atoms with Crippen LogP contribution in [0.5, 0.6) is 0 Å². The second-order valence-corrected chi connectivity index (χ2v) is 3.09. The van der Waals surface area contributed by atoms with Crippen molar-refractivity contribution in [1.29, 1.82) is 0 Å². The number of aromatic amines is 1. The van der Waals surface area contributed by atoms with E-state index >= 15 is 0 Å². The second kappa shape index (κ2) is 5.34. The molecule has 1 heterocycles. The van der Waals surface area contributed by atoms with Gasteiger partial charge in [0.25, 0.3) is 6.43 Å². The second-order valence-electron chi connectivity index (χ2n) is 3.09. The van der Waals surface area contributed by atoms with Crippen LogP contribution in [0, 0.1) is 10.1 Å². The van der Waals surface area contributed by atoms with Gasteiger partial charge in [-0.15, -0.1) is 0 Å². The van der Waals surface area contributed by atoms with Crippen molar-refractivity contribution in [3.05, 3.63) is 37.7 Å². The first-order valence-corrected chi connectivity index (χ1v) is 4.75. The van der Waals surface area contributed by atoms with Crippen LogP contribution < -0.4 is 5.56 Å². The Morgan fingerprint density at radius 1 is 1.61 bits per heavy atom. The summed E-state index contributed by atoms with van der Waals surface area (Å²) in [6.07, 6.45) is -3.15. The third-order valence-electron chi connectivity index (χ3n) is 1.96. The number of rotatable bonds is 4. The van der Waals surface area contributed by atoms with Gasteiger partial charge in [0.2, 0.25) is 0 Å². The van der Waals surface area contributed by atoms with Crippen LogP contribution in [0.3, 0.4) is 0 Å². The van der Waals surface area contributed by atoms with E-state index in [1.165, 1.54) is 6.92 Å².